The zero-order valence-electron chi connectivity index (χ0n) is 13.2. The molecule has 0 heterocycles. The second-order valence-electron chi connectivity index (χ2n) is 5.09. The Labute approximate surface area is 145 Å². The fourth-order valence-corrected chi connectivity index (χ4v) is 2.75. The monoisotopic (exact) mass is 351 g/mol. The molecule has 6 heteroatoms. The van der Waals surface area contributed by atoms with Crippen LogP contribution in [0.15, 0.2) is 36.4 Å². The van der Waals surface area contributed by atoms with Gasteiger partial charge in [0, 0.05) is 5.56 Å². The summed E-state index contributed by atoms with van der Waals surface area (Å²) in [5.74, 6) is 0.752. The second kappa shape index (κ2) is 7.73. The number of rotatable bonds is 4. The third-order valence-corrected chi connectivity index (χ3v) is 4.17. The molecule has 2 aromatic carbocycles. The number of hydrogen-bond acceptors (Lipinski definition) is 4. The summed E-state index contributed by atoms with van der Waals surface area (Å²) in [6, 6.07) is 11.0. The quantitative estimate of drug-likeness (QED) is 0.606. The highest BCUT2D eigenvalue weighted by atomic mass is 35.5. The van der Waals surface area contributed by atoms with Crippen LogP contribution in [-0.4, -0.2) is 16.7 Å². The number of thioether (sulfide) groups is 1. The van der Waals surface area contributed by atoms with Crippen molar-refractivity contribution in [3.8, 4) is 5.75 Å². The molecular weight excluding hydrogens is 334 g/mol. The fourth-order valence-electron chi connectivity index (χ4n) is 2.21. The first kappa shape index (κ1) is 17.7. The van der Waals surface area contributed by atoms with E-state index >= 15 is 0 Å². The molecule has 2 aromatic rings. The molecule has 0 aliphatic carbocycles. The molecule has 1 amide bonds. The van der Waals surface area contributed by atoms with Crippen molar-refractivity contribution in [2.24, 2.45) is 0 Å². The molecule has 0 saturated heterocycles. The zero-order chi connectivity index (χ0) is 17.0. The number of amides is 1. The fraction of sp³-hybridized carbons (Fsp3) is 0.235. The molecule has 122 valence electrons. The number of carbonyl (C=O) groups is 1. The largest absolute Gasteiger partial charge is 0.489 e. The zero-order valence-corrected chi connectivity index (χ0v) is 14.7. The standard InChI is InChI=1S/C17H18ClNO3S/c1-11-7-8-15(12(2)9-11)22-10-13-5-4-6-14(18)16(13)19(21)17(20)23-3/h4-9,21H,10H2,1-3H3. The van der Waals surface area contributed by atoms with Crippen LogP contribution in [0.3, 0.4) is 0 Å². The van der Waals surface area contributed by atoms with Crippen LogP contribution < -0.4 is 9.80 Å². The topological polar surface area (TPSA) is 49.8 Å². The maximum atomic E-state index is 11.7. The van der Waals surface area contributed by atoms with Gasteiger partial charge in [0.15, 0.2) is 0 Å². The average Bonchev–Trinajstić information content (AvgIpc) is 2.52. The number of halogens is 1. The highest BCUT2D eigenvalue weighted by molar-refractivity contribution is 8.13. The van der Waals surface area contributed by atoms with Crippen LogP contribution in [0.4, 0.5) is 10.5 Å². The number of aryl methyl sites for hydroxylation is 2. The molecular formula is C17H18ClNO3S. The summed E-state index contributed by atoms with van der Waals surface area (Å²) < 4.78 is 5.82. The van der Waals surface area contributed by atoms with Crippen molar-refractivity contribution >= 4 is 34.3 Å². The van der Waals surface area contributed by atoms with Crippen molar-refractivity contribution in [2.45, 2.75) is 20.5 Å². The van der Waals surface area contributed by atoms with E-state index in [1.807, 2.05) is 32.0 Å². The molecule has 0 bridgehead atoms. The van der Waals surface area contributed by atoms with Gasteiger partial charge in [-0.05, 0) is 37.8 Å². The van der Waals surface area contributed by atoms with E-state index < -0.39 is 5.24 Å². The smallest absolute Gasteiger partial charge is 0.309 e. The summed E-state index contributed by atoms with van der Waals surface area (Å²) in [5.41, 5.74) is 3.06. The van der Waals surface area contributed by atoms with Gasteiger partial charge < -0.3 is 4.74 Å². The van der Waals surface area contributed by atoms with Crippen molar-refractivity contribution in [1.82, 2.24) is 0 Å². The lowest BCUT2D eigenvalue weighted by Crippen LogP contribution is -2.24. The number of nitrogens with zero attached hydrogens (tertiary/aromatic N) is 1. The summed E-state index contributed by atoms with van der Waals surface area (Å²) >= 11 is 7.04. The molecule has 4 nitrogen and oxygen atoms in total. The lowest BCUT2D eigenvalue weighted by molar-refractivity contribution is 0.223. The predicted molar refractivity (Wildman–Crippen MR) is 94.9 cm³/mol. The van der Waals surface area contributed by atoms with Gasteiger partial charge in [0.2, 0.25) is 0 Å². The van der Waals surface area contributed by atoms with Crippen molar-refractivity contribution in [3.63, 3.8) is 0 Å². The minimum Gasteiger partial charge on any atom is -0.489 e. The molecule has 0 unspecified atom stereocenters. The van der Waals surface area contributed by atoms with E-state index in [1.165, 1.54) is 0 Å². The lowest BCUT2D eigenvalue weighted by atomic mass is 10.1. The maximum Gasteiger partial charge on any atom is 0.309 e. The Kier molecular flexibility index (Phi) is 5.93. The molecule has 23 heavy (non-hydrogen) atoms. The van der Waals surface area contributed by atoms with Gasteiger partial charge in [-0.25, -0.2) is 0 Å². The van der Waals surface area contributed by atoms with Gasteiger partial charge in [0.25, 0.3) is 0 Å². The Bertz CT molecular complexity index is 721. The van der Waals surface area contributed by atoms with Crippen LogP contribution in [0.5, 0.6) is 5.75 Å². The van der Waals surface area contributed by atoms with Gasteiger partial charge in [-0.1, -0.05) is 53.2 Å². The maximum absolute atomic E-state index is 11.7. The lowest BCUT2D eigenvalue weighted by Gasteiger charge is -2.19. The molecule has 0 fully saturated rings. The van der Waals surface area contributed by atoms with E-state index in [4.69, 9.17) is 16.3 Å². The minimum atomic E-state index is -0.508. The summed E-state index contributed by atoms with van der Waals surface area (Å²) in [4.78, 5) is 11.7. The molecule has 0 spiro atoms. The van der Waals surface area contributed by atoms with Crippen molar-refractivity contribution in [3.05, 3.63) is 58.1 Å². The highest BCUT2D eigenvalue weighted by Gasteiger charge is 2.19. The van der Waals surface area contributed by atoms with Gasteiger partial charge in [-0.15, -0.1) is 0 Å². The number of hydroxylamine groups is 1. The van der Waals surface area contributed by atoms with Crippen LogP contribution in [-0.2, 0) is 6.61 Å². The Hall–Kier alpha value is -1.69. The van der Waals surface area contributed by atoms with E-state index in [9.17, 15) is 10.0 Å². The van der Waals surface area contributed by atoms with Gasteiger partial charge >= 0.3 is 5.24 Å². The highest BCUT2D eigenvalue weighted by Crippen LogP contribution is 2.32. The number of carbonyl (C=O) groups excluding carboxylic acids is 1. The Morgan fingerprint density at radius 1 is 1.30 bits per heavy atom. The van der Waals surface area contributed by atoms with Crippen LogP contribution in [0, 0.1) is 13.8 Å². The van der Waals surface area contributed by atoms with E-state index in [2.05, 4.69) is 0 Å². The summed E-state index contributed by atoms with van der Waals surface area (Å²) in [6.45, 7) is 4.18. The Morgan fingerprint density at radius 2 is 2.04 bits per heavy atom. The number of benzene rings is 2. The molecule has 0 radical (unpaired) electrons. The minimum absolute atomic E-state index is 0.193. The SMILES string of the molecule is CSC(=O)N(O)c1c(Cl)cccc1COc1ccc(C)cc1C. The third kappa shape index (κ3) is 4.19. The average molecular weight is 352 g/mol. The molecule has 0 aliphatic rings. The molecule has 0 atom stereocenters. The normalized spacial score (nSPS) is 10.5. The first-order valence-corrected chi connectivity index (χ1v) is 8.58. The van der Waals surface area contributed by atoms with Crippen molar-refractivity contribution in [2.75, 3.05) is 11.3 Å². The van der Waals surface area contributed by atoms with Crippen LogP contribution in [0.2, 0.25) is 5.02 Å². The Balaban J connectivity index is 2.26. The number of hydrogen-bond donors (Lipinski definition) is 1. The van der Waals surface area contributed by atoms with Crippen LogP contribution >= 0.6 is 23.4 Å². The number of anilines is 1. The van der Waals surface area contributed by atoms with Gasteiger partial charge in [0.05, 0.1) is 10.7 Å². The van der Waals surface area contributed by atoms with E-state index in [1.54, 1.807) is 24.5 Å². The molecule has 1 N–H and O–H groups in total. The van der Waals surface area contributed by atoms with E-state index in [0.29, 0.717) is 10.6 Å². The Morgan fingerprint density at radius 3 is 2.70 bits per heavy atom. The molecule has 2 rings (SSSR count). The summed E-state index contributed by atoms with van der Waals surface area (Å²) in [5, 5.41) is 10.4. The molecule has 0 saturated carbocycles. The number of ether oxygens (including phenoxy) is 1. The first-order valence-electron chi connectivity index (χ1n) is 6.98. The van der Waals surface area contributed by atoms with Crippen molar-refractivity contribution in [1.29, 1.82) is 0 Å². The molecule has 0 aromatic heterocycles. The second-order valence-corrected chi connectivity index (χ2v) is 6.25. The van der Waals surface area contributed by atoms with E-state index in [-0.39, 0.29) is 17.3 Å². The van der Waals surface area contributed by atoms with Gasteiger partial charge in [-0.3, -0.25) is 10.0 Å². The van der Waals surface area contributed by atoms with Gasteiger partial charge in [-0.2, -0.15) is 5.06 Å². The van der Waals surface area contributed by atoms with Crippen LogP contribution in [0.25, 0.3) is 0 Å². The van der Waals surface area contributed by atoms with Gasteiger partial charge in [0.1, 0.15) is 12.4 Å². The van der Waals surface area contributed by atoms with Crippen molar-refractivity contribution < 1.29 is 14.7 Å². The summed E-state index contributed by atoms with van der Waals surface area (Å²) in [7, 11) is 0. The number of para-hydroxylation sites is 1. The first-order chi connectivity index (χ1) is 10.9. The van der Waals surface area contributed by atoms with E-state index in [0.717, 1.165) is 28.6 Å². The van der Waals surface area contributed by atoms with Crippen LogP contribution in [0.1, 0.15) is 16.7 Å². The predicted octanol–water partition coefficient (Wildman–Crippen LogP) is 5.21. The molecule has 0 aliphatic heterocycles. The summed E-state index contributed by atoms with van der Waals surface area (Å²) in [6.07, 6.45) is 1.59. The third-order valence-electron chi connectivity index (χ3n) is 3.34.